The first-order valence-electron chi connectivity index (χ1n) is 8.82. The molecule has 1 aliphatic rings. The van der Waals surface area contributed by atoms with Gasteiger partial charge in [0, 0.05) is 29.0 Å². The highest BCUT2D eigenvalue weighted by molar-refractivity contribution is 7.98. The van der Waals surface area contributed by atoms with E-state index in [1.807, 2.05) is 12.1 Å². The fourth-order valence-electron chi connectivity index (χ4n) is 3.04. The molecule has 0 saturated carbocycles. The summed E-state index contributed by atoms with van der Waals surface area (Å²) in [5, 5.41) is 11.1. The molecule has 0 atom stereocenters. The van der Waals surface area contributed by atoms with Crippen molar-refractivity contribution in [3.8, 4) is 11.5 Å². The minimum atomic E-state index is -0.374. The Balaban J connectivity index is 1.50. The van der Waals surface area contributed by atoms with E-state index < -0.39 is 0 Å². The van der Waals surface area contributed by atoms with E-state index in [1.165, 1.54) is 17.2 Å². The highest BCUT2D eigenvalue weighted by atomic mass is 32.2. The van der Waals surface area contributed by atoms with E-state index >= 15 is 0 Å². The van der Waals surface area contributed by atoms with Crippen molar-refractivity contribution in [3.05, 3.63) is 62.7 Å². The Morgan fingerprint density at radius 2 is 1.96 bits per heavy atom. The number of aryl methyl sites for hydroxylation is 2. The Hall–Kier alpha value is -2.25. The van der Waals surface area contributed by atoms with Crippen LogP contribution >= 0.6 is 11.8 Å². The lowest BCUT2D eigenvalue weighted by atomic mass is 10.1. The molecule has 0 unspecified atom stereocenters. The van der Waals surface area contributed by atoms with Gasteiger partial charge in [0.15, 0.2) is 6.79 Å². The Kier molecular flexibility index (Phi) is 6.58. The zero-order valence-corrected chi connectivity index (χ0v) is 16.3. The van der Waals surface area contributed by atoms with Gasteiger partial charge in [-0.3, -0.25) is 10.1 Å². The number of thioether (sulfide) groups is 1. The van der Waals surface area contributed by atoms with E-state index in [2.05, 4.69) is 19.9 Å². The number of fused-ring (bicyclic) bond motifs is 1. The van der Waals surface area contributed by atoms with E-state index in [4.69, 9.17) is 14.2 Å². The van der Waals surface area contributed by atoms with Gasteiger partial charge < -0.3 is 14.2 Å². The zero-order chi connectivity index (χ0) is 19.2. The summed E-state index contributed by atoms with van der Waals surface area (Å²) in [6.45, 7) is 5.29. The average molecular weight is 389 g/mol. The van der Waals surface area contributed by atoms with Gasteiger partial charge in [0.05, 0.1) is 18.1 Å². The minimum absolute atomic E-state index is 0.0802. The van der Waals surface area contributed by atoms with Crippen LogP contribution in [0, 0.1) is 24.0 Å². The third kappa shape index (κ3) is 5.37. The minimum Gasteiger partial charge on any atom is -0.494 e. The van der Waals surface area contributed by atoms with Gasteiger partial charge in [-0.25, -0.2) is 0 Å². The van der Waals surface area contributed by atoms with Crippen LogP contribution in [0.5, 0.6) is 11.5 Å². The van der Waals surface area contributed by atoms with Crippen molar-refractivity contribution in [2.75, 3.05) is 19.2 Å². The molecule has 0 fully saturated rings. The number of non-ortho nitro benzene ring substituents is 1. The maximum Gasteiger partial charge on any atom is 0.270 e. The first kappa shape index (κ1) is 19.5. The van der Waals surface area contributed by atoms with E-state index in [-0.39, 0.29) is 17.4 Å². The molecule has 0 bridgehead atoms. The monoisotopic (exact) mass is 389 g/mol. The maximum absolute atomic E-state index is 11.1. The van der Waals surface area contributed by atoms with Crippen LogP contribution in [0.25, 0.3) is 0 Å². The number of rotatable bonds is 8. The summed E-state index contributed by atoms with van der Waals surface area (Å²) < 4.78 is 16.6. The van der Waals surface area contributed by atoms with Gasteiger partial charge in [-0.2, -0.15) is 11.8 Å². The second kappa shape index (κ2) is 9.10. The van der Waals surface area contributed by atoms with Crippen LogP contribution < -0.4 is 9.47 Å². The first-order chi connectivity index (χ1) is 13.0. The van der Waals surface area contributed by atoms with E-state index in [9.17, 15) is 10.1 Å². The molecule has 27 heavy (non-hydrogen) atoms. The topological polar surface area (TPSA) is 70.8 Å². The summed E-state index contributed by atoms with van der Waals surface area (Å²) in [5.74, 6) is 3.19. The summed E-state index contributed by atoms with van der Waals surface area (Å²) >= 11 is 1.72. The Morgan fingerprint density at radius 1 is 1.19 bits per heavy atom. The molecule has 1 aliphatic heterocycles. The van der Waals surface area contributed by atoms with Crippen molar-refractivity contribution in [3.63, 3.8) is 0 Å². The Morgan fingerprint density at radius 3 is 2.70 bits per heavy atom. The molecule has 1 heterocycles. The van der Waals surface area contributed by atoms with Crippen LogP contribution in [0.2, 0.25) is 0 Å². The van der Waals surface area contributed by atoms with Crippen LogP contribution in [0.4, 0.5) is 5.69 Å². The van der Waals surface area contributed by atoms with Crippen molar-refractivity contribution in [1.29, 1.82) is 0 Å². The van der Waals surface area contributed by atoms with Gasteiger partial charge in [0.25, 0.3) is 5.69 Å². The summed E-state index contributed by atoms with van der Waals surface area (Å²) in [7, 11) is 0. The number of ether oxygens (including phenoxy) is 3. The van der Waals surface area contributed by atoms with Gasteiger partial charge in [-0.15, -0.1) is 0 Å². The largest absolute Gasteiger partial charge is 0.494 e. The van der Waals surface area contributed by atoms with E-state index in [0.717, 1.165) is 34.8 Å². The molecule has 0 radical (unpaired) electrons. The van der Waals surface area contributed by atoms with Crippen molar-refractivity contribution in [2.45, 2.75) is 32.6 Å². The molecule has 2 aromatic carbocycles. The third-order valence-electron chi connectivity index (χ3n) is 4.14. The predicted octanol–water partition coefficient (Wildman–Crippen LogP) is 4.78. The fraction of sp³-hybridized carbons (Fsp3) is 0.400. The highest BCUT2D eigenvalue weighted by Gasteiger charge is 2.20. The summed E-state index contributed by atoms with van der Waals surface area (Å²) in [5.41, 5.74) is 4.06. The molecule has 144 valence electrons. The average Bonchev–Trinajstić information content (AvgIpc) is 2.63. The van der Waals surface area contributed by atoms with Crippen molar-refractivity contribution >= 4 is 17.4 Å². The van der Waals surface area contributed by atoms with Gasteiger partial charge in [-0.1, -0.05) is 6.07 Å². The molecule has 0 N–H and O–H groups in total. The second-order valence-electron chi connectivity index (χ2n) is 6.54. The molecule has 0 amide bonds. The number of benzene rings is 2. The van der Waals surface area contributed by atoms with Crippen molar-refractivity contribution < 1.29 is 19.1 Å². The SMILES string of the molecule is Cc1cc(C)cc(OCCCSCc2cc([N+](=O)[O-])cc3c2OCOC3)c1. The van der Waals surface area contributed by atoms with E-state index in [0.29, 0.717) is 19.0 Å². The Labute approximate surface area is 163 Å². The number of hydrogen-bond acceptors (Lipinski definition) is 6. The lowest BCUT2D eigenvalue weighted by molar-refractivity contribution is -0.385. The van der Waals surface area contributed by atoms with Crippen LogP contribution in [0.15, 0.2) is 30.3 Å². The summed E-state index contributed by atoms with van der Waals surface area (Å²) in [6, 6.07) is 9.32. The molecule has 0 aromatic heterocycles. The smallest absolute Gasteiger partial charge is 0.270 e. The lowest BCUT2D eigenvalue weighted by Gasteiger charge is -2.20. The van der Waals surface area contributed by atoms with Crippen LogP contribution in [0.1, 0.15) is 28.7 Å². The highest BCUT2D eigenvalue weighted by Crippen LogP contribution is 2.34. The third-order valence-corrected chi connectivity index (χ3v) is 5.23. The molecule has 2 aromatic rings. The summed E-state index contributed by atoms with van der Waals surface area (Å²) in [4.78, 5) is 10.8. The molecule has 3 rings (SSSR count). The second-order valence-corrected chi connectivity index (χ2v) is 7.64. The first-order valence-corrected chi connectivity index (χ1v) is 9.98. The molecular weight excluding hydrogens is 366 g/mol. The lowest BCUT2D eigenvalue weighted by Crippen LogP contribution is -2.13. The number of nitro benzene ring substituents is 1. The normalized spacial score (nSPS) is 13.0. The van der Waals surface area contributed by atoms with Crippen LogP contribution in [0.3, 0.4) is 0 Å². The Bertz CT molecular complexity index is 804. The van der Waals surface area contributed by atoms with Gasteiger partial charge in [0.2, 0.25) is 0 Å². The number of nitro groups is 1. The van der Waals surface area contributed by atoms with Gasteiger partial charge >= 0.3 is 0 Å². The zero-order valence-electron chi connectivity index (χ0n) is 15.5. The molecule has 6 nitrogen and oxygen atoms in total. The molecule has 0 saturated heterocycles. The predicted molar refractivity (Wildman–Crippen MR) is 106 cm³/mol. The van der Waals surface area contributed by atoms with E-state index in [1.54, 1.807) is 17.8 Å². The molecule has 0 aliphatic carbocycles. The number of hydrogen-bond donors (Lipinski definition) is 0. The molecular formula is C20H23NO5S. The van der Waals surface area contributed by atoms with Gasteiger partial charge in [0.1, 0.15) is 11.5 Å². The van der Waals surface area contributed by atoms with Crippen molar-refractivity contribution in [2.24, 2.45) is 0 Å². The molecule has 7 heteroatoms. The van der Waals surface area contributed by atoms with Crippen LogP contribution in [-0.4, -0.2) is 24.1 Å². The summed E-state index contributed by atoms with van der Waals surface area (Å²) in [6.07, 6.45) is 0.902. The van der Waals surface area contributed by atoms with Gasteiger partial charge in [-0.05, 0) is 49.3 Å². The number of nitrogens with zero attached hydrogens (tertiary/aromatic N) is 1. The van der Waals surface area contributed by atoms with Crippen molar-refractivity contribution in [1.82, 2.24) is 0 Å². The quantitative estimate of drug-likeness (QED) is 0.368. The standard InChI is InChI=1S/C20H23NO5S/c1-14-6-15(2)8-19(7-14)25-4-3-5-27-12-17-10-18(21(22)23)9-16-11-24-13-26-20(16)17/h6-10H,3-5,11-13H2,1-2H3. The van der Waals surface area contributed by atoms with Crippen LogP contribution in [-0.2, 0) is 17.1 Å². The fourth-order valence-corrected chi connectivity index (χ4v) is 3.94. The maximum atomic E-state index is 11.1. The molecule has 0 spiro atoms.